The van der Waals surface area contributed by atoms with Crippen LogP contribution in [0.4, 0.5) is 0 Å². The van der Waals surface area contributed by atoms with Crippen molar-refractivity contribution in [2.45, 2.75) is 12.8 Å². The molecule has 2 heterocycles. The van der Waals surface area contributed by atoms with Crippen LogP contribution in [-0.4, -0.2) is 27.0 Å². The Bertz CT molecular complexity index is 1060. The molecule has 4 rings (SSSR count). The van der Waals surface area contributed by atoms with Gasteiger partial charge >= 0.3 is 0 Å². The first kappa shape index (κ1) is 17.0. The maximum atomic E-state index is 12.7. The summed E-state index contributed by atoms with van der Waals surface area (Å²) in [5.74, 6) is 0.777. The van der Waals surface area contributed by atoms with Gasteiger partial charge in [0.1, 0.15) is 5.82 Å². The van der Waals surface area contributed by atoms with E-state index in [0.29, 0.717) is 18.5 Å². The lowest BCUT2D eigenvalue weighted by Crippen LogP contribution is -2.27. The van der Waals surface area contributed by atoms with Gasteiger partial charge in [0.05, 0.1) is 0 Å². The summed E-state index contributed by atoms with van der Waals surface area (Å²) in [5.41, 5.74) is 3.74. The van der Waals surface area contributed by atoms with Crippen molar-refractivity contribution in [2.24, 2.45) is 0 Å². The summed E-state index contributed by atoms with van der Waals surface area (Å²) >= 11 is 0. The van der Waals surface area contributed by atoms with Crippen molar-refractivity contribution in [1.29, 1.82) is 0 Å². The molecule has 5 nitrogen and oxygen atoms in total. The van der Waals surface area contributed by atoms with Crippen molar-refractivity contribution in [3.05, 3.63) is 102 Å². The lowest BCUT2D eigenvalue weighted by atomic mass is 9.99. The van der Waals surface area contributed by atoms with E-state index in [2.05, 4.69) is 27.6 Å². The van der Waals surface area contributed by atoms with Crippen LogP contribution in [0.25, 0.3) is 5.65 Å². The van der Waals surface area contributed by atoms with Gasteiger partial charge in [-0.05, 0) is 35.7 Å². The van der Waals surface area contributed by atoms with Gasteiger partial charge in [-0.3, -0.25) is 9.20 Å². The molecule has 134 valence electrons. The fourth-order valence-electron chi connectivity index (χ4n) is 3.16. The Kier molecular flexibility index (Phi) is 4.92. The molecule has 0 atom stereocenters. The van der Waals surface area contributed by atoms with Crippen LogP contribution >= 0.6 is 0 Å². The second-order valence-electron chi connectivity index (χ2n) is 6.37. The zero-order chi connectivity index (χ0) is 18.5. The molecule has 27 heavy (non-hydrogen) atoms. The second-order valence-corrected chi connectivity index (χ2v) is 6.37. The minimum Gasteiger partial charge on any atom is -0.352 e. The summed E-state index contributed by atoms with van der Waals surface area (Å²) in [5, 5.41) is 11.3. The van der Waals surface area contributed by atoms with Gasteiger partial charge in [-0.25, -0.2) is 0 Å². The molecule has 0 spiro atoms. The molecule has 1 N–H and O–H groups in total. The fraction of sp³-hybridized carbons (Fsp3) is 0.136. The third kappa shape index (κ3) is 3.87. The molecule has 0 saturated carbocycles. The van der Waals surface area contributed by atoms with Crippen molar-refractivity contribution in [1.82, 2.24) is 19.9 Å². The van der Waals surface area contributed by atoms with Crippen molar-refractivity contribution in [3.63, 3.8) is 0 Å². The highest BCUT2D eigenvalue weighted by Crippen LogP contribution is 2.14. The van der Waals surface area contributed by atoms with E-state index in [4.69, 9.17) is 0 Å². The van der Waals surface area contributed by atoms with Gasteiger partial charge in [-0.15, -0.1) is 10.2 Å². The average molecular weight is 356 g/mol. The Labute approximate surface area is 157 Å². The van der Waals surface area contributed by atoms with Crippen LogP contribution in [0.3, 0.4) is 0 Å². The Balaban J connectivity index is 1.43. The van der Waals surface area contributed by atoms with Crippen molar-refractivity contribution >= 4 is 11.6 Å². The van der Waals surface area contributed by atoms with Crippen LogP contribution in [0.15, 0.2) is 79.0 Å². The number of hydrogen-bond donors (Lipinski definition) is 1. The van der Waals surface area contributed by atoms with Gasteiger partial charge in [-0.1, -0.05) is 54.6 Å². The van der Waals surface area contributed by atoms with Crippen molar-refractivity contribution < 1.29 is 4.79 Å². The molecule has 4 aromatic rings. The molecule has 0 aliphatic rings. The molecule has 2 aromatic carbocycles. The normalized spacial score (nSPS) is 10.8. The summed E-state index contributed by atoms with van der Waals surface area (Å²) in [6.07, 6.45) is 3.29. The van der Waals surface area contributed by atoms with Crippen LogP contribution in [0, 0.1) is 0 Å². The maximum absolute atomic E-state index is 12.7. The summed E-state index contributed by atoms with van der Waals surface area (Å²) in [6.45, 7) is 0.508. The zero-order valence-corrected chi connectivity index (χ0v) is 14.9. The third-order valence-corrected chi connectivity index (χ3v) is 4.52. The number of pyridine rings is 1. The minimum atomic E-state index is -0.0599. The van der Waals surface area contributed by atoms with Gasteiger partial charge < -0.3 is 5.32 Å². The SMILES string of the molecule is O=C(NCCc1nnc2ccccn12)c1ccccc1Cc1ccccc1. The zero-order valence-electron chi connectivity index (χ0n) is 14.9. The van der Waals surface area contributed by atoms with E-state index in [1.807, 2.05) is 71.3 Å². The fourth-order valence-corrected chi connectivity index (χ4v) is 3.16. The number of carbonyl (C=O) groups is 1. The molecular formula is C22H20N4O. The van der Waals surface area contributed by atoms with Crippen LogP contribution in [-0.2, 0) is 12.8 Å². The van der Waals surface area contributed by atoms with Gasteiger partial charge in [0.25, 0.3) is 5.91 Å². The van der Waals surface area contributed by atoms with E-state index in [-0.39, 0.29) is 5.91 Å². The second kappa shape index (κ2) is 7.83. The summed E-state index contributed by atoms with van der Waals surface area (Å²) in [7, 11) is 0. The van der Waals surface area contributed by atoms with E-state index in [9.17, 15) is 4.79 Å². The first-order chi connectivity index (χ1) is 13.3. The van der Waals surface area contributed by atoms with Crippen LogP contribution in [0.5, 0.6) is 0 Å². The molecule has 1 amide bonds. The number of hydrogen-bond acceptors (Lipinski definition) is 3. The van der Waals surface area contributed by atoms with E-state index in [1.165, 1.54) is 5.56 Å². The highest BCUT2D eigenvalue weighted by Gasteiger charge is 2.12. The highest BCUT2D eigenvalue weighted by atomic mass is 16.1. The molecule has 0 aliphatic carbocycles. The number of nitrogens with zero attached hydrogens (tertiary/aromatic N) is 3. The molecular weight excluding hydrogens is 336 g/mol. The maximum Gasteiger partial charge on any atom is 0.251 e. The van der Waals surface area contributed by atoms with E-state index in [1.54, 1.807) is 0 Å². The van der Waals surface area contributed by atoms with Crippen LogP contribution in [0.1, 0.15) is 27.3 Å². The molecule has 0 unspecified atom stereocenters. The Hall–Kier alpha value is -3.47. The van der Waals surface area contributed by atoms with Gasteiger partial charge in [-0.2, -0.15) is 0 Å². The van der Waals surface area contributed by atoms with E-state index >= 15 is 0 Å². The summed E-state index contributed by atoms with van der Waals surface area (Å²) < 4.78 is 1.94. The number of carbonyl (C=O) groups excluding carboxylic acids is 1. The molecule has 0 aliphatic heterocycles. The number of amides is 1. The standard InChI is InChI=1S/C22H20N4O/c27-22(23-14-13-21-25-24-20-12-6-7-15-26(20)21)19-11-5-4-10-18(19)16-17-8-2-1-3-9-17/h1-12,15H,13-14,16H2,(H,23,27). The topological polar surface area (TPSA) is 59.3 Å². The molecule has 0 saturated heterocycles. The van der Waals surface area contributed by atoms with Crippen molar-refractivity contribution in [3.8, 4) is 0 Å². The largest absolute Gasteiger partial charge is 0.352 e. The predicted octanol–water partition coefficient (Wildman–Crippen LogP) is 3.29. The monoisotopic (exact) mass is 356 g/mol. The summed E-state index contributed by atoms with van der Waals surface area (Å²) in [6, 6.07) is 23.7. The number of fused-ring (bicyclic) bond motifs is 1. The highest BCUT2D eigenvalue weighted by molar-refractivity contribution is 5.95. The number of rotatable bonds is 6. The smallest absolute Gasteiger partial charge is 0.251 e. The first-order valence-electron chi connectivity index (χ1n) is 9.00. The number of benzene rings is 2. The van der Waals surface area contributed by atoms with Gasteiger partial charge in [0, 0.05) is 24.7 Å². The first-order valence-corrected chi connectivity index (χ1v) is 9.00. The van der Waals surface area contributed by atoms with Crippen LogP contribution in [0.2, 0.25) is 0 Å². The summed E-state index contributed by atoms with van der Waals surface area (Å²) in [4.78, 5) is 12.7. The van der Waals surface area contributed by atoms with E-state index in [0.717, 1.165) is 23.5 Å². The van der Waals surface area contributed by atoms with Gasteiger partial charge in [0.2, 0.25) is 0 Å². The Morgan fingerprint density at radius 1 is 0.889 bits per heavy atom. The predicted molar refractivity (Wildman–Crippen MR) is 105 cm³/mol. The Morgan fingerprint density at radius 3 is 2.56 bits per heavy atom. The average Bonchev–Trinajstić information content (AvgIpc) is 3.12. The van der Waals surface area contributed by atoms with Crippen molar-refractivity contribution in [2.75, 3.05) is 6.54 Å². The molecule has 5 heteroatoms. The third-order valence-electron chi connectivity index (χ3n) is 4.52. The number of aromatic nitrogens is 3. The molecule has 2 aromatic heterocycles. The molecule has 0 radical (unpaired) electrons. The Morgan fingerprint density at radius 2 is 1.67 bits per heavy atom. The minimum absolute atomic E-state index is 0.0599. The lowest BCUT2D eigenvalue weighted by molar-refractivity contribution is 0.0953. The lowest BCUT2D eigenvalue weighted by Gasteiger charge is -2.10. The number of nitrogens with one attached hydrogen (secondary N) is 1. The van der Waals surface area contributed by atoms with E-state index < -0.39 is 0 Å². The quantitative estimate of drug-likeness (QED) is 0.577. The molecule has 0 fully saturated rings. The van der Waals surface area contributed by atoms with Gasteiger partial charge in [0.15, 0.2) is 5.65 Å². The molecule has 0 bridgehead atoms. The van der Waals surface area contributed by atoms with Crippen LogP contribution < -0.4 is 5.32 Å².